The number of nitrogens with zero attached hydrogens (tertiary/aromatic N) is 2. The Labute approximate surface area is 112 Å². The maximum atomic E-state index is 11.8. The third kappa shape index (κ3) is 3.49. The van der Waals surface area contributed by atoms with Crippen LogP contribution in [-0.4, -0.2) is 40.9 Å². The molecule has 3 N–H and O–H groups in total. The van der Waals surface area contributed by atoms with Crippen LogP contribution in [0.3, 0.4) is 0 Å². The van der Waals surface area contributed by atoms with Crippen molar-refractivity contribution in [1.29, 1.82) is 0 Å². The molecule has 1 aliphatic rings. The summed E-state index contributed by atoms with van der Waals surface area (Å²) >= 11 is 0. The fraction of sp³-hybridized carbons (Fsp3) is 0.538. The number of aromatic amines is 1. The maximum Gasteiger partial charge on any atom is 0.410 e. The number of hydrogen-bond donors (Lipinski definition) is 2. The molecule has 104 valence electrons. The molecule has 0 aromatic carbocycles. The molecule has 1 unspecified atom stereocenters. The van der Waals surface area contributed by atoms with Crippen molar-refractivity contribution in [2.24, 2.45) is 0 Å². The summed E-state index contributed by atoms with van der Waals surface area (Å²) in [5.41, 5.74) is 6.67. The van der Waals surface area contributed by atoms with Crippen molar-refractivity contribution >= 4 is 11.9 Å². The number of nitrogens with two attached hydrogens (primary N) is 1. The van der Waals surface area contributed by atoms with Crippen molar-refractivity contribution in [3.05, 3.63) is 24.4 Å². The number of ether oxygens (including phenoxy) is 1. The zero-order valence-electron chi connectivity index (χ0n) is 11.0. The van der Waals surface area contributed by atoms with E-state index in [1.54, 1.807) is 11.0 Å². The van der Waals surface area contributed by atoms with Gasteiger partial charge in [0.1, 0.15) is 12.4 Å². The van der Waals surface area contributed by atoms with Crippen LogP contribution in [0.4, 0.5) is 10.6 Å². The third-order valence-corrected chi connectivity index (χ3v) is 3.37. The highest BCUT2D eigenvalue weighted by molar-refractivity contribution is 5.67. The van der Waals surface area contributed by atoms with E-state index in [0.29, 0.717) is 18.3 Å². The Bertz CT molecular complexity index is 444. The van der Waals surface area contributed by atoms with E-state index in [4.69, 9.17) is 10.5 Å². The lowest BCUT2D eigenvalue weighted by Crippen LogP contribution is -2.32. The Morgan fingerprint density at radius 2 is 2.47 bits per heavy atom. The Hall–Kier alpha value is -1.98. The van der Waals surface area contributed by atoms with E-state index in [1.807, 2.05) is 6.07 Å². The highest BCUT2D eigenvalue weighted by atomic mass is 16.6. The highest BCUT2D eigenvalue weighted by Gasteiger charge is 2.23. The fourth-order valence-electron chi connectivity index (χ4n) is 2.37. The minimum Gasteiger partial charge on any atom is -0.445 e. The molecule has 1 fully saturated rings. The number of aromatic nitrogens is 2. The highest BCUT2D eigenvalue weighted by Crippen LogP contribution is 2.27. The van der Waals surface area contributed by atoms with Gasteiger partial charge in [-0.1, -0.05) is 12.7 Å². The van der Waals surface area contributed by atoms with E-state index in [1.165, 1.54) is 0 Å². The summed E-state index contributed by atoms with van der Waals surface area (Å²) in [6.07, 6.45) is 4.18. The number of H-pyrrole nitrogens is 1. The molecule has 0 saturated carbocycles. The molecule has 1 atom stereocenters. The summed E-state index contributed by atoms with van der Waals surface area (Å²) in [6.45, 7) is 5.22. The zero-order chi connectivity index (χ0) is 13.7. The SMILES string of the molecule is C=CCOC(=O)N1CCCC(c2cc(N)n[nH]2)CC1. The number of carbonyl (C=O) groups is 1. The number of nitrogen functional groups attached to an aromatic ring is 1. The molecule has 1 saturated heterocycles. The minimum absolute atomic E-state index is 0.260. The molecule has 6 nitrogen and oxygen atoms in total. The van der Waals surface area contributed by atoms with Gasteiger partial charge in [-0.05, 0) is 19.3 Å². The average Bonchev–Trinajstić information content (AvgIpc) is 2.69. The Balaban J connectivity index is 1.91. The van der Waals surface area contributed by atoms with Crippen molar-refractivity contribution in [2.45, 2.75) is 25.2 Å². The van der Waals surface area contributed by atoms with Crippen molar-refractivity contribution in [2.75, 3.05) is 25.4 Å². The molecule has 0 aliphatic carbocycles. The normalized spacial score (nSPS) is 19.8. The number of likely N-dealkylation sites (tertiary alicyclic amines) is 1. The Morgan fingerprint density at radius 3 is 3.16 bits per heavy atom. The van der Waals surface area contributed by atoms with Gasteiger partial charge in [0.05, 0.1) is 0 Å². The molecule has 1 amide bonds. The summed E-state index contributed by atoms with van der Waals surface area (Å²) < 4.78 is 5.06. The van der Waals surface area contributed by atoms with Gasteiger partial charge in [0, 0.05) is 30.8 Å². The van der Waals surface area contributed by atoms with E-state index < -0.39 is 0 Å². The second kappa shape index (κ2) is 6.26. The second-order valence-corrected chi connectivity index (χ2v) is 4.73. The quantitative estimate of drug-likeness (QED) is 0.816. The zero-order valence-corrected chi connectivity index (χ0v) is 11.0. The molecular weight excluding hydrogens is 244 g/mol. The monoisotopic (exact) mass is 264 g/mol. The lowest BCUT2D eigenvalue weighted by Gasteiger charge is -2.19. The van der Waals surface area contributed by atoms with Crippen molar-refractivity contribution in [3.8, 4) is 0 Å². The van der Waals surface area contributed by atoms with Crippen LogP contribution in [0.2, 0.25) is 0 Å². The lowest BCUT2D eigenvalue weighted by atomic mass is 9.97. The number of amides is 1. The first-order valence-corrected chi connectivity index (χ1v) is 6.54. The first-order chi connectivity index (χ1) is 9.20. The largest absolute Gasteiger partial charge is 0.445 e. The van der Waals surface area contributed by atoms with Gasteiger partial charge in [0.25, 0.3) is 0 Å². The minimum atomic E-state index is -0.260. The van der Waals surface area contributed by atoms with Crippen molar-refractivity contribution < 1.29 is 9.53 Å². The van der Waals surface area contributed by atoms with E-state index in [9.17, 15) is 4.79 Å². The van der Waals surface area contributed by atoms with Gasteiger partial charge >= 0.3 is 6.09 Å². The molecule has 19 heavy (non-hydrogen) atoms. The summed E-state index contributed by atoms with van der Waals surface area (Å²) in [5.74, 6) is 0.892. The number of hydrogen-bond acceptors (Lipinski definition) is 4. The first kappa shape index (κ1) is 13.5. The molecule has 6 heteroatoms. The van der Waals surface area contributed by atoms with Gasteiger partial charge in [-0.15, -0.1) is 0 Å². The fourth-order valence-corrected chi connectivity index (χ4v) is 2.37. The van der Waals surface area contributed by atoms with Crippen LogP contribution in [-0.2, 0) is 4.74 Å². The summed E-state index contributed by atoms with van der Waals surface area (Å²) in [4.78, 5) is 13.5. The van der Waals surface area contributed by atoms with Crippen LogP contribution in [0.5, 0.6) is 0 Å². The number of anilines is 1. The van der Waals surface area contributed by atoms with Crippen LogP contribution < -0.4 is 5.73 Å². The predicted octanol–water partition coefficient (Wildman–Crippen LogP) is 1.88. The molecule has 1 aliphatic heterocycles. The van der Waals surface area contributed by atoms with Gasteiger partial charge in [-0.3, -0.25) is 5.10 Å². The predicted molar refractivity (Wildman–Crippen MR) is 72.7 cm³/mol. The summed E-state index contributed by atoms with van der Waals surface area (Å²) in [5, 5.41) is 6.91. The van der Waals surface area contributed by atoms with Gasteiger partial charge < -0.3 is 15.4 Å². The van der Waals surface area contributed by atoms with E-state index >= 15 is 0 Å². The number of nitrogens with one attached hydrogen (secondary N) is 1. The van der Waals surface area contributed by atoms with Gasteiger partial charge in [0.2, 0.25) is 0 Å². The average molecular weight is 264 g/mol. The second-order valence-electron chi connectivity index (χ2n) is 4.73. The van der Waals surface area contributed by atoms with Crippen molar-refractivity contribution in [1.82, 2.24) is 15.1 Å². The van der Waals surface area contributed by atoms with Crippen LogP contribution in [0.25, 0.3) is 0 Å². The number of rotatable bonds is 3. The van der Waals surface area contributed by atoms with Crippen LogP contribution >= 0.6 is 0 Å². The van der Waals surface area contributed by atoms with Crippen LogP contribution in [0.15, 0.2) is 18.7 Å². The molecule has 2 rings (SSSR count). The summed E-state index contributed by atoms with van der Waals surface area (Å²) in [7, 11) is 0. The first-order valence-electron chi connectivity index (χ1n) is 6.54. The van der Waals surface area contributed by atoms with Gasteiger partial charge in [-0.2, -0.15) is 5.10 Å². The topological polar surface area (TPSA) is 84.2 Å². The van der Waals surface area contributed by atoms with E-state index in [-0.39, 0.29) is 12.7 Å². The standard InChI is InChI=1S/C13H20N4O2/c1-2-8-19-13(18)17-6-3-4-10(5-7-17)11-9-12(14)16-15-11/h2,9-10H,1,3-8H2,(H3,14,15,16). The van der Waals surface area contributed by atoms with Crippen LogP contribution in [0, 0.1) is 0 Å². The molecule has 0 radical (unpaired) electrons. The van der Waals surface area contributed by atoms with E-state index in [2.05, 4.69) is 16.8 Å². The molecule has 2 heterocycles. The molecule has 1 aromatic rings. The molecule has 0 bridgehead atoms. The summed E-state index contributed by atoms with van der Waals surface area (Å²) in [6, 6.07) is 1.87. The van der Waals surface area contributed by atoms with E-state index in [0.717, 1.165) is 31.5 Å². The van der Waals surface area contributed by atoms with Crippen LogP contribution in [0.1, 0.15) is 30.9 Å². The van der Waals surface area contributed by atoms with Gasteiger partial charge in [-0.25, -0.2) is 4.79 Å². The Morgan fingerprint density at radius 1 is 1.63 bits per heavy atom. The molecule has 0 spiro atoms. The van der Waals surface area contributed by atoms with Gasteiger partial charge in [0.15, 0.2) is 0 Å². The maximum absolute atomic E-state index is 11.8. The van der Waals surface area contributed by atoms with Crippen molar-refractivity contribution in [3.63, 3.8) is 0 Å². The third-order valence-electron chi connectivity index (χ3n) is 3.37. The number of carbonyl (C=O) groups excluding carboxylic acids is 1. The molecular formula is C13H20N4O2. The Kier molecular flexibility index (Phi) is 4.43. The lowest BCUT2D eigenvalue weighted by molar-refractivity contribution is 0.113. The smallest absolute Gasteiger partial charge is 0.410 e. The molecule has 1 aromatic heterocycles.